The van der Waals surface area contributed by atoms with Crippen LogP contribution in [0.15, 0.2) is 110 Å². The van der Waals surface area contributed by atoms with Crippen molar-refractivity contribution in [2.24, 2.45) is 0 Å². The number of thiocyanates is 2. The summed E-state index contributed by atoms with van der Waals surface area (Å²) >= 11 is 7.40. The monoisotopic (exact) mass is 973 g/mol. The molecule has 1 aromatic carbocycles. The van der Waals surface area contributed by atoms with Gasteiger partial charge in [0.2, 0.25) is 0 Å². The summed E-state index contributed by atoms with van der Waals surface area (Å²) in [4.78, 5) is 44.4. The van der Waals surface area contributed by atoms with E-state index in [2.05, 4.69) is 103 Å². The number of carbonyl (C=O) groups is 2. The molecule has 0 saturated carbocycles. The zero-order valence-corrected chi connectivity index (χ0v) is 39.6. The molecule has 16 heteroatoms. The number of pyridine rings is 4. The molecule has 0 aliphatic heterocycles. The van der Waals surface area contributed by atoms with Crippen LogP contribution >= 0.6 is 0 Å². The fraction of sp³-hybridized carbons (Fsp3) is 0.277. The molecule has 0 aliphatic rings. The Hall–Kier alpha value is -6.32. The van der Waals surface area contributed by atoms with Crippen molar-refractivity contribution in [2.45, 2.75) is 58.3 Å². The van der Waals surface area contributed by atoms with Crippen LogP contribution in [0.5, 0.6) is 0 Å². The van der Waals surface area contributed by atoms with Gasteiger partial charge in [-0.2, -0.15) is 0 Å². The maximum Gasteiger partial charge on any atom is 2.00 e. The summed E-state index contributed by atoms with van der Waals surface area (Å²) in [7, 11) is 8.19. The molecule has 5 rings (SSSR count). The van der Waals surface area contributed by atoms with Gasteiger partial charge in [0.05, 0.1) is 23.9 Å². The first kappa shape index (κ1) is 54.7. The zero-order chi connectivity index (χ0) is 45.4. The van der Waals surface area contributed by atoms with E-state index in [1.807, 2.05) is 64.8 Å². The fourth-order valence-electron chi connectivity index (χ4n) is 5.78. The molecule has 0 spiro atoms. The second-order valence-corrected chi connectivity index (χ2v) is 14.0. The Morgan fingerprint density at radius 1 is 0.587 bits per heavy atom. The van der Waals surface area contributed by atoms with Gasteiger partial charge in [-0.05, 0) is 90.2 Å². The molecule has 0 bridgehead atoms. The van der Waals surface area contributed by atoms with Gasteiger partial charge in [-0.25, -0.2) is 20.5 Å². The minimum absolute atomic E-state index is 0. The first-order chi connectivity index (χ1) is 30.1. The maximum absolute atomic E-state index is 10.1. The molecule has 4 aromatic heterocycles. The van der Waals surface area contributed by atoms with E-state index in [1.165, 1.54) is 73.8 Å². The third-order valence-electron chi connectivity index (χ3n) is 8.83. The Morgan fingerprint density at radius 3 is 1.41 bits per heavy atom. The molecule has 330 valence electrons. The first-order valence-electron chi connectivity index (χ1n) is 19.8. The summed E-state index contributed by atoms with van der Waals surface area (Å²) in [6, 6.07) is 24.3. The van der Waals surface area contributed by atoms with Gasteiger partial charge in [0, 0.05) is 82.2 Å². The number of hydrogen-bond donors (Lipinski definition) is 0. The molecule has 0 N–H and O–H groups in total. The van der Waals surface area contributed by atoms with Gasteiger partial charge in [-0.15, -0.1) is 0 Å². The second-order valence-electron chi connectivity index (χ2n) is 13.6. The van der Waals surface area contributed by atoms with Crippen molar-refractivity contribution in [3.63, 3.8) is 0 Å². The van der Waals surface area contributed by atoms with Crippen LogP contribution in [0.3, 0.4) is 0 Å². The number of benzene rings is 1. The predicted octanol–water partition coefficient (Wildman–Crippen LogP) is 9.83. The smallest absolute Gasteiger partial charge is 0.696 e. The molecule has 13 nitrogen and oxygen atoms in total. The quantitative estimate of drug-likeness (QED) is 0.0181. The standard InChI is InChI=1S/C29H41N5.C16H12N2O4.2CHNS.Ru/c1-6-7-8-9-10-11-12-13-24-14-16-25(17-15-24)34(28-22-26(32(2)3)18-20-30-28)29-23-27(33(4)5)19-21-31-29;19-11-21-7-3-13-1-5-17-15(9-13)16-10-14(2-6-18-16)4-8-22-12-20;2*2-1-3;/h14-23H,6-13H2,1-5H3;1-12H;2*3H;/q;;;;+2/p-2/b;7-3+,8-4+;;;. The zero-order valence-electron chi connectivity index (χ0n) is 36.2. The van der Waals surface area contributed by atoms with Gasteiger partial charge in [0.1, 0.15) is 11.6 Å². The Balaban J connectivity index is 0.000000589. The number of aromatic nitrogens is 4. The van der Waals surface area contributed by atoms with Crippen LogP contribution in [0.4, 0.5) is 28.7 Å². The Bertz CT molecular complexity index is 2090. The van der Waals surface area contributed by atoms with Gasteiger partial charge in [-0.1, -0.05) is 68.4 Å². The van der Waals surface area contributed by atoms with E-state index >= 15 is 0 Å². The number of unbranched alkanes of at least 4 members (excludes halogenated alkanes) is 6. The molecule has 0 radical (unpaired) electrons. The van der Waals surface area contributed by atoms with E-state index in [1.54, 1.807) is 36.7 Å². The van der Waals surface area contributed by atoms with Crippen LogP contribution in [0, 0.1) is 21.3 Å². The summed E-state index contributed by atoms with van der Waals surface area (Å²) in [6.07, 6.45) is 23.4. The van der Waals surface area contributed by atoms with Gasteiger partial charge in [-0.3, -0.25) is 24.5 Å². The van der Waals surface area contributed by atoms with Gasteiger partial charge >= 0.3 is 19.5 Å². The molecule has 0 atom stereocenters. The SMILES string of the molecule is CCCCCCCCCc1ccc(N(c2cc(N(C)C)ccn2)c2cc(N(C)C)ccn2)cc1.N#C[S-].N#C[S-].O=CO/C=C/c1ccnc(-c2cc(/C=C/OC=O)ccn2)c1.[Ru+2]. The topological polar surface area (TPSA) is 161 Å². The molecule has 0 saturated heterocycles. The van der Waals surface area contributed by atoms with Gasteiger partial charge in [0.25, 0.3) is 12.9 Å². The van der Waals surface area contributed by atoms with Crippen molar-refractivity contribution in [3.8, 4) is 22.2 Å². The van der Waals surface area contributed by atoms with Crippen molar-refractivity contribution >= 4 is 79.1 Å². The molecule has 0 aliphatic carbocycles. The molecular formula is C47H53N9O4RuS2. The van der Waals surface area contributed by atoms with Crippen LogP contribution in [-0.2, 0) is 70.2 Å². The van der Waals surface area contributed by atoms with Crippen molar-refractivity contribution < 1.29 is 38.5 Å². The molecule has 0 amide bonds. The van der Waals surface area contributed by atoms with Crippen LogP contribution in [0.2, 0.25) is 0 Å². The van der Waals surface area contributed by atoms with Crippen LogP contribution in [0.1, 0.15) is 68.6 Å². The van der Waals surface area contributed by atoms with Crippen molar-refractivity contribution in [1.29, 1.82) is 10.5 Å². The van der Waals surface area contributed by atoms with E-state index in [0.717, 1.165) is 46.2 Å². The summed E-state index contributed by atoms with van der Waals surface area (Å²) in [5.74, 6) is 1.71. The summed E-state index contributed by atoms with van der Waals surface area (Å²) in [6.45, 7) is 2.96. The second kappa shape index (κ2) is 33.3. The van der Waals surface area contributed by atoms with Crippen molar-refractivity contribution in [3.05, 3.63) is 127 Å². The van der Waals surface area contributed by atoms with E-state index < -0.39 is 0 Å². The molecule has 0 fully saturated rings. The third-order valence-corrected chi connectivity index (χ3v) is 8.83. The largest absolute Gasteiger partial charge is 2.00 e. The number of aryl methyl sites for hydroxylation is 1. The molecule has 63 heavy (non-hydrogen) atoms. The summed E-state index contributed by atoms with van der Waals surface area (Å²) < 4.78 is 9.02. The number of anilines is 5. The molecule has 5 aromatic rings. The predicted molar refractivity (Wildman–Crippen MR) is 253 cm³/mol. The van der Waals surface area contributed by atoms with Crippen molar-refractivity contribution in [2.75, 3.05) is 42.9 Å². The van der Waals surface area contributed by atoms with E-state index in [0.29, 0.717) is 24.3 Å². The number of carbonyl (C=O) groups excluding carboxylic acids is 2. The number of ether oxygens (including phenoxy) is 2. The summed E-state index contributed by atoms with van der Waals surface area (Å²) in [5, 5.41) is 16.9. The van der Waals surface area contributed by atoms with Crippen LogP contribution in [-0.4, -0.2) is 61.1 Å². The Kier molecular flexibility index (Phi) is 28.9. The molecular weight excluding hydrogens is 920 g/mol. The van der Waals surface area contributed by atoms with Crippen molar-refractivity contribution in [1.82, 2.24) is 19.9 Å². The fourth-order valence-corrected chi connectivity index (χ4v) is 5.78. The number of nitrogens with zero attached hydrogens (tertiary/aromatic N) is 9. The van der Waals surface area contributed by atoms with Crippen LogP contribution < -0.4 is 14.7 Å². The van der Waals surface area contributed by atoms with E-state index in [-0.39, 0.29) is 19.5 Å². The molecule has 4 heterocycles. The number of nitriles is 2. The minimum atomic E-state index is 0. The first-order valence-corrected chi connectivity index (χ1v) is 20.6. The normalized spacial score (nSPS) is 9.83. The van der Waals surface area contributed by atoms with Gasteiger partial charge in [0.15, 0.2) is 0 Å². The minimum Gasteiger partial charge on any atom is -0.696 e. The van der Waals surface area contributed by atoms with Gasteiger partial charge < -0.3 is 44.5 Å². The summed E-state index contributed by atoms with van der Waals surface area (Å²) in [5.41, 5.74) is 7.64. The average molecular weight is 973 g/mol. The van der Waals surface area contributed by atoms with E-state index in [9.17, 15) is 9.59 Å². The van der Waals surface area contributed by atoms with Crippen LogP contribution in [0.25, 0.3) is 23.5 Å². The third kappa shape index (κ3) is 21.4. The Labute approximate surface area is 396 Å². The number of hydrogen-bond acceptors (Lipinski definition) is 15. The average Bonchev–Trinajstić information content (AvgIpc) is 3.28. The number of rotatable bonds is 20. The Morgan fingerprint density at radius 2 is 1.00 bits per heavy atom. The van der Waals surface area contributed by atoms with E-state index in [4.69, 9.17) is 20.5 Å². The maximum atomic E-state index is 10.1. The molecule has 0 unspecified atom stereocenters.